The number of β-lactam (4-membered cyclic amide) rings is 1. The molecular weight excluding hydrogens is 462 g/mol. The van der Waals surface area contributed by atoms with Crippen molar-refractivity contribution >= 4 is 26.5 Å². The molecule has 1 heterocycles. The lowest BCUT2D eigenvalue weighted by Gasteiger charge is -2.53. The highest BCUT2D eigenvalue weighted by molar-refractivity contribution is 6.74. The number of benzene rings is 1. The highest BCUT2D eigenvalue weighted by Gasteiger charge is 2.56. The number of carbonyl (C=O) groups is 3. The number of hydrogen-bond donors (Lipinski definition) is 0. The molecule has 1 fully saturated rings. The van der Waals surface area contributed by atoms with Crippen LogP contribution in [0.2, 0.25) is 18.1 Å². The molecule has 196 valence electrons. The van der Waals surface area contributed by atoms with Crippen LogP contribution in [0.3, 0.4) is 0 Å². The SMILES string of the molecule is C[C@@H](O[Si](C)(C)C(C)(C)C)[C@H]1C(=O)N(CC(=O)OC(C)(C)C)[C@@H]1[C@H](CC=O)OCc1ccccc1. The van der Waals surface area contributed by atoms with Crippen molar-refractivity contribution in [3.05, 3.63) is 35.9 Å². The molecule has 0 spiro atoms. The molecule has 0 aromatic heterocycles. The van der Waals surface area contributed by atoms with E-state index in [9.17, 15) is 14.4 Å². The van der Waals surface area contributed by atoms with Gasteiger partial charge in [0.05, 0.1) is 30.8 Å². The molecule has 1 aromatic carbocycles. The van der Waals surface area contributed by atoms with Crippen LogP contribution in [0, 0.1) is 5.92 Å². The lowest BCUT2D eigenvalue weighted by molar-refractivity contribution is -0.185. The second-order valence-corrected chi connectivity index (χ2v) is 16.6. The minimum Gasteiger partial charge on any atom is -0.459 e. The van der Waals surface area contributed by atoms with Gasteiger partial charge < -0.3 is 23.6 Å². The summed E-state index contributed by atoms with van der Waals surface area (Å²) in [5.74, 6) is -1.17. The van der Waals surface area contributed by atoms with Gasteiger partial charge in [0.15, 0.2) is 8.32 Å². The standard InChI is InChI=1S/C27H43NO6Si/c1-19(34-35(8,9)27(5,6)7)23-24(28(25(23)31)17-22(30)33-26(2,3)4)21(15-16-29)32-18-20-13-11-10-12-14-20/h10-14,16,19,21,23-24H,15,17-18H2,1-9H3/t19-,21+,23-,24-/m1/s1. The number of ether oxygens (including phenoxy) is 2. The van der Waals surface area contributed by atoms with Crippen molar-refractivity contribution in [1.82, 2.24) is 4.90 Å². The first-order valence-corrected chi connectivity index (χ1v) is 15.3. The summed E-state index contributed by atoms with van der Waals surface area (Å²) in [6.45, 7) is 18.1. The van der Waals surface area contributed by atoms with Gasteiger partial charge >= 0.3 is 5.97 Å². The van der Waals surface area contributed by atoms with Crippen LogP contribution in [-0.4, -0.2) is 61.8 Å². The Bertz CT molecular complexity index is 874. The Kier molecular flexibility index (Phi) is 9.47. The maximum absolute atomic E-state index is 13.3. The van der Waals surface area contributed by atoms with Crippen LogP contribution in [-0.2, 0) is 34.9 Å². The van der Waals surface area contributed by atoms with Crippen molar-refractivity contribution in [1.29, 1.82) is 0 Å². The van der Waals surface area contributed by atoms with E-state index < -0.39 is 38.0 Å². The molecule has 8 heteroatoms. The smallest absolute Gasteiger partial charge is 0.326 e. The second kappa shape index (κ2) is 11.4. The maximum Gasteiger partial charge on any atom is 0.326 e. The summed E-state index contributed by atoms with van der Waals surface area (Å²) in [7, 11) is -2.16. The molecule has 2 rings (SSSR count). The zero-order valence-electron chi connectivity index (χ0n) is 22.8. The van der Waals surface area contributed by atoms with Crippen molar-refractivity contribution < 1.29 is 28.3 Å². The third kappa shape index (κ3) is 7.72. The molecule has 0 unspecified atom stereocenters. The van der Waals surface area contributed by atoms with E-state index in [4.69, 9.17) is 13.9 Å². The number of esters is 1. The number of rotatable bonds is 11. The van der Waals surface area contributed by atoms with Gasteiger partial charge in [0, 0.05) is 6.42 Å². The molecule has 0 bridgehead atoms. The van der Waals surface area contributed by atoms with E-state index in [1.807, 2.05) is 37.3 Å². The fraction of sp³-hybridized carbons (Fsp3) is 0.667. The van der Waals surface area contributed by atoms with E-state index in [0.717, 1.165) is 11.8 Å². The molecule has 1 amide bonds. The summed E-state index contributed by atoms with van der Waals surface area (Å²) >= 11 is 0. The summed E-state index contributed by atoms with van der Waals surface area (Å²) in [5.41, 5.74) is 0.305. The summed E-state index contributed by atoms with van der Waals surface area (Å²) in [5, 5.41) is -0.0221. The molecule has 0 saturated carbocycles. The largest absolute Gasteiger partial charge is 0.459 e. The second-order valence-electron chi connectivity index (χ2n) is 11.9. The Labute approximate surface area is 211 Å². The predicted molar refractivity (Wildman–Crippen MR) is 138 cm³/mol. The first-order chi connectivity index (χ1) is 16.1. The fourth-order valence-corrected chi connectivity index (χ4v) is 5.53. The average molecular weight is 506 g/mol. The molecule has 1 aliphatic rings. The van der Waals surface area contributed by atoms with Gasteiger partial charge in [-0.15, -0.1) is 0 Å². The molecule has 1 aliphatic heterocycles. The lowest BCUT2D eigenvalue weighted by Crippen LogP contribution is -2.70. The van der Waals surface area contributed by atoms with Crippen LogP contribution in [0.5, 0.6) is 0 Å². The third-order valence-electron chi connectivity index (χ3n) is 6.82. The number of amides is 1. The summed E-state index contributed by atoms with van der Waals surface area (Å²) < 4.78 is 18.2. The van der Waals surface area contributed by atoms with Crippen LogP contribution in [0.25, 0.3) is 0 Å². The highest BCUT2D eigenvalue weighted by Crippen LogP contribution is 2.41. The molecule has 0 N–H and O–H groups in total. The van der Waals surface area contributed by atoms with Gasteiger partial charge in [-0.25, -0.2) is 0 Å². The Morgan fingerprint density at radius 1 is 1.11 bits per heavy atom. The highest BCUT2D eigenvalue weighted by atomic mass is 28.4. The summed E-state index contributed by atoms with van der Waals surface area (Å²) in [6.07, 6.45) is -0.0273. The normalized spacial score (nSPS) is 20.7. The number of carbonyl (C=O) groups excluding carboxylic acids is 3. The average Bonchev–Trinajstić information content (AvgIpc) is 2.71. The molecule has 0 aliphatic carbocycles. The zero-order chi connectivity index (χ0) is 26.6. The number of nitrogens with zero attached hydrogens (tertiary/aromatic N) is 1. The molecule has 1 saturated heterocycles. The lowest BCUT2D eigenvalue weighted by atomic mass is 9.79. The van der Waals surface area contributed by atoms with E-state index in [1.165, 1.54) is 4.90 Å². The minimum absolute atomic E-state index is 0.0221. The van der Waals surface area contributed by atoms with E-state index in [0.29, 0.717) is 6.61 Å². The van der Waals surface area contributed by atoms with Crippen molar-refractivity contribution in [3.63, 3.8) is 0 Å². The molecule has 4 atom stereocenters. The molecule has 0 radical (unpaired) electrons. The zero-order valence-corrected chi connectivity index (χ0v) is 23.8. The summed E-state index contributed by atoms with van der Waals surface area (Å²) in [6, 6.07) is 9.20. The van der Waals surface area contributed by atoms with Crippen LogP contribution in [0.1, 0.15) is 60.5 Å². The molecule has 35 heavy (non-hydrogen) atoms. The Morgan fingerprint density at radius 2 is 1.71 bits per heavy atom. The van der Waals surface area contributed by atoms with Crippen molar-refractivity contribution in [2.24, 2.45) is 5.92 Å². The summed E-state index contributed by atoms with van der Waals surface area (Å²) in [4.78, 5) is 39.0. The van der Waals surface area contributed by atoms with Gasteiger partial charge in [-0.05, 0) is 51.4 Å². The van der Waals surface area contributed by atoms with E-state index in [2.05, 4.69) is 33.9 Å². The van der Waals surface area contributed by atoms with Gasteiger partial charge in [0.25, 0.3) is 0 Å². The van der Waals surface area contributed by atoms with Gasteiger partial charge in [-0.1, -0.05) is 51.1 Å². The van der Waals surface area contributed by atoms with Gasteiger partial charge in [-0.2, -0.15) is 0 Å². The predicted octanol–water partition coefficient (Wildman–Crippen LogP) is 4.74. The van der Waals surface area contributed by atoms with Gasteiger partial charge in [0.2, 0.25) is 5.91 Å². The van der Waals surface area contributed by atoms with Gasteiger partial charge in [-0.3, -0.25) is 9.59 Å². The maximum atomic E-state index is 13.3. The van der Waals surface area contributed by atoms with Crippen LogP contribution < -0.4 is 0 Å². The first kappa shape index (κ1) is 29.2. The van der Waals surface area contributed by atoms with Gasteiger partial charge in [0.1, 0.15) is 18.4 Å². The van der Waals surface area contributed by atoms with Crippen LogP contribution in [0.15, 0.2) is 30.3 Å². The Balaban J connectivity index is 2.30. The van der Waals surface area contributed by atoms with Crippen LogP contribution >= 0.6 is 0 Å². The monoisotopic (exact) mass is 505 g/mol. The molecule has 7 nitrogen and oxygen atoms in total. The fourth-order valence-electron chi connectivity index (χ4n) is 4.10. The Morgan fingerprint density at radius 3 is 2.23 bits per heavy atom. The number of likely N-dealkylation sites (tertiary alicyclic amines) is 1. The molecular formula is C27H43NO6Si. The van der Waals surface area contributed by atoms with Crippen molar-refractivity contribution in [3.8, 4) is 0 Å². The van der Waals surface area contributed by atoms with E-state index in [-0.39, 0.29) is 30.0 Å². The Hall–Kier alpha value is -2.03. The quantitative estimate of drug-likeness (QED) is 0.187. The third-order valence-corrected chi connectivity index (χ3v) is 11.4. The number of aldehydes is 1. The van der Waals surface area contributed by atoms with Crippen molar-refractivity contribution in [2.45, 2.75) is 103 Å². The van der Waals surface area contributed by atoms with Crippen molar-refractivity contribution in [2.75, 3.05) is 6.54 Å². The van der Waals surface area contributed by atoms with E-state index in [1.54, 1.807) is 20.8 Å². The molecule has 1 aromatic rings. The van der Waals surface area contributed by atoms with E-state index >= 15 is 0 Å². The van der Waals surface area contributed by atoms with Crippen LogP contribution in [0.4, 0.5) is 0 Å². The topological polar surface area (TPSA) is 82.1 Å². The number of hydrogen-bond acceptors (Lipinski definition) is 6. The minimum atomic E-state index is -2.16. The first-order valence-electron chi connectivity index (χ1n) is 12.4.